The molecule has 1 aromatic carbocycles. The molecule has 0 radical (unpaired) electrons. The highest BCUT2D eigenvalue weighted by Crippen LogP contribution is 2.39. The van der Waals surface area contributed by atoms with Crippen molar-refractivity contribution in [1.29, 1.82) is 0 Å². The summed E-state index contributed by atoms with van der Waals surface area (Å²) in [4.78, 5) is 0. The van der Waals surface area contributed by atoms with E-state index in [1.165, 1.54) is 60.7 Å². The minimum Gasteiger partial charge on any atom is -0.383 e. The van der Waals surface area contributed by atoms with Crippen LogP contribution in [0.25, 0.3) is 0 Å². The molecule has 1 unspecified atom stereocenters. The van der Waals surface area contributed by atoms with E-state index < -0.39 is 0 Å². The largest absolute Gasteiger partial charge is 0.383 e. The van der Waals surface area contributed by atoms with Crippen LogP contribution in [0.1, 0.15) is 63.4 Å². The zero-order chi connectivity index (χ0) is 12.8. The summed E-state index contributed by atoms with van der Waals surface area (Å²) in [6.07, 6.45) is 9.69. The van der Waals surface area contributed by atoms with Gasteiger partial charge in [0.2, 0.25) is 0 Å². The van der Waals surface area contributed by atoms with E-state index in [0.717, 1.165) is 12.5 Å². The summed E-state index contributed by atoms with van der Waals surface area (Å²) in [5.41, 5.74) is 2.84. The summed E-state index contributed by atoms with van der Waals surface area (Å²) in [6.45, 7) is 3.39. The van der Waals surface area contributed by atoms with Crippen LogP contribution < -0.4 is 5.32 Å². The fourth-order valence-corrected chi connectivity index (χ4v) is 3.35. The maximum Gasteiger partial charge on any atom is 0.0520 e. The van der Waals surface area contributed by atoms with Crippen molar-refractivity contribution in [2.24, 2.45) is 0 Å². The van der Waals surface area contributed by atoms with Gasteiger partial charge in [-0.1, -0.05) is 57.6 Å². The molecule has 0 fully saturated rings. The van der Waals surface area contributed by atoms with Crippen molar-refractivity contribution in [3.8, 4) is 0 Å². The van der Waals surface area contributed by atoms with Crippen molar-refractivity contribution < 1.29 is 0 Å². The van der Waals surface area contributed by atoms with Gasteiger partial charge in [0, 0.05) is 16.9 Å². The van der Waals surface area contributed by atoms with Gasteiger partial charge in [-0.15, -0.1) is 0 Å². The molecule has 0 saturated carbocycles. The molecular formula is C16H24BrN. The predicted molar refractivity (Wildman–Crippen MR) is 83.4 cm³/mol. The number of para-hydroxylation sites is 1. The number of anilines is 1. The highest BCUT2D eigenvalue weighted by atomic mass is 79.9. The Labute approximate surface area is 119 Å². The Hall–Kier alpha value is -0.500. The average molecular weight is 310 g/mol. The first-order valence-electron chi connectivity index (χ1n) is 7.35. The van der Waals surface area contributed by atoms with Crippen LogP contribution in [0.5, 0.6) is 0 Å². The van der Waals surface area contributed by atoms with Crippen molar-refractivity contribution in [2.75, 3.05) is 11.9 Å². The van der Waals surface area contributed by atoms with Gasteiger partial charge < -0.3 is 5.32 Å². The lowest BCUT2D eigenvalue weighted by molar-refractivity contribution is 0.556. The monoisotopic (exact) mass is 309 g/mol. The minimum atomic E-state index is 0.726. The van der Waals surface area contributed by atoms with Crippen LogP contribution in [0.3, 0.4) is 0 Å². The van der Waals surface area contributed by atoms with Crippen molar-refractivity contribution in [1.82, 2.24) is 0 Å². The molecule has 2 rings (SSSR count). The maximum atomic E-state index is 3.62. The Morgan fingerprint density at radius 3 is 2.78 bits per heavy atom. The number of hydrogen-bond acceptors (Lipinski definition) is 1. The number of fused-ring (bicyclic) bond motifs is 1. The number of nitrogens with one attached hydrogen (secondary N) is 1. The highest BCUT2D eigenvalue weighted by Gasteiger charge is 2.22. The number of halogens is 1. The molecule has 0 aromatic heterocycles. The second-order valence-electron chi connectivity index (χ2n) is 5.34. The van der Waals surface area contributed by atoms with Crippen LogP contribution in [0.4, 0.5) is 5.69 Å². The molecular weight excluding hydrogens is 286 g/mol. The van der Waals surface area contributed by atoms with Gasteiger partial charge in [0.05, 0.1) is 5.69 Å². The Bertz CT molecular complexity index is 375. The quantitative estimate of drug-likeness (QED) is 0.636. The van der Waals surface area contributed by atoms with Crippen LogP contribution >= 0.6 is 15.9 Å². The number of rotatable bonds is 7. The molecule has 2 heteroatoms. The van der Waals surface area contributed by atoms with E-state index in [1.807, 2.05) is 0 Å². The van der Waals surface area contributed by atoms with Crippen LogP contribution in [0.2, 0.25) is 0 Å². The minimum absolute atomic E-state index is 0.726. The smallest absolute Gasteiger partial charge is 0.0520 e. The average Bonchev–Trinajstić information content (AvgIpc) is 2.79. The van der Waals surface area contributed by atoms with Gasteiger partial charge in [-0.2, -0.15) is 0 Å². The number of unbranched alkanes of at least 4 members (excludes halogenated alkanes) is 5. The zero-order valence-electron chi connectivity index (χ0n) is 11.3. The van der Waals surface area contributed by atoms with Crippen molar-refractivity contribution in [2.45, 2.75) is 57.8 Å². The fraction of sp³-hybridized carbons (Fsp3) is 0.625. The van der Waals surface area contributed by atoms with E-state index in [2.05, 4.69) is 46.4 Å². The predicted octanol–water partition coefficient (Wildman–Crippen LogP) is 5.71. The lowest BCUT2D eigenvalue weighted by atomic mass is 9.95. The Balaban J connectivity index is 1.75. The summed E-state index contributed by atoms with van der Waals surface area (Å²) in [7, 11) is 0. The fourth-order valence-electron chi connectivity index (χ4n) is 2.83. The van der Waals surface area contributed by atoms with E-state index in [4.69, 9.17) is 0 Å². The van der Waals surface area contributed by atoms with Crippen molar-refractivity contribution in [3.05, 3.63) is 28.2 Å². The molecule has 0 saturated heterocycles. The van der Waals surface area contributed by atoms with Crippen LogP contribution in [-0.2, 0) is 0 Å². The van der Waals surface area contributed by atoms with Gasteiger partial charge in [0.15, 0.2) is 0 Å². The molecule has 1 aliphatic heterocycles. The summed E-state index contributed by atoms with van der Waals surface area (Å²) < 4.78 is 1.21. The standard InChI is InChI=1S/C16H24BrN/c1-2-3-4-5-6-7-9-13-12-18-16-14(13)10-8-11-15(16)17/h8,10-11,13,18H,2-7,9,12H2,1H3. The second-order valence-corrected chi connectivity index (χ2v) is 6.19. The van der Waals surface area contributed by atoms with Crippen LogP contribution in [-0.4, -0.2) is 6.54 Å². The molecule has 1 N–H and O–H groups in total. The molecule has 1 aliphatic rings. The van der Waals surface area contributed by atoms with Gasteiger partial charge in [0.1, 0.15) is 0 Å². The Kier molecular flexibility index (Phi) is 5.55. The van der Waals surface area contributed by atoms with Crippen molar-refractivity contribution in [3.63, 3.8) is 0 Å². The molecule has 1 atom stereocenters. The molecule has 18 heavy (non-hydrogen) atoms. The van der Waals surface area contributed by atoms with Gasteiger partial charge in [-0.25, -0.2) is 0 Å². The molecule has 0 bridgehead atoms. The Morgan fingerprint density at radius 1 is 1.17 bits per heavy atom. The zero-order valence-corrected chi connectivity index (χ0v) is 12.9. The summed E-state index contributed by atoms with van der Waals surface area (Å²) in [5, 5.41) is 3.53. The highest BCUT2D eigenvalue weighted by molar-refractivity contribution is 9.10. The molecule has 1 nitrogen and oxygen atoms in total. The molecule has 0 amide bonds. The first-order valence-corrected chi connectivity index (χ1v) is 8.14. The van der Waals surface area contributed by atoms with Gasteiger partial charge >= 0.3 is 0 Å². The first kappa shape index (κ1) is 13.9. The van der Waals surface area contributed by atoms with Gasteiger partial charge in [0.25, 0.3) is 0 Å². The normalized spacial score (nSPS) is 17.6. The third-order valence-corrected chi connectivity index (χ3v) is 4.58. The van der Waals surface area contributed by atoms with Crippen LogP contribution in [0, 0.1) is 0 Å². The summed E-state index contributed by atoms with van der Waals surface area (Å²) >= 11 is 3.62. The third kappa shape index (κ3) is 3.50. The molecule has 0 spiro atoms. The van der Waals surface area contributed by atoms with E-state index in [9.17, 15) is 0 Å². The maximum absolute atomic E-state index is 3.62. The Morgan fingerprint density at radius 2 is 1.94 bits per heavy atom. The van der Waals surface area contributed by atoms with Gasteiger partial charge in [-0.3, -0.25) is 0 Å². The SMILES string of the molecule is CCCCCCCCC1CNc2c(Br)cccc21. The van der Waals surface area contributed by atoms with E-state index in [1.54, 1.807) is 0 Å². The van der Waals surface area contributed by atoms with E-state index in [-0.39, 0.29) is 0 Å². The summed E-state index contributed by atoms with van der Waals surface area (Å²) in [6, 6.07) is 6.56. The van der Waals surface area contributed by atoms with E-state index >= 15 is 0 Å². The van der Waals surface area contributed by atoms with Gasteiger partial charge in [-0.05, 0) is 34.0 Å². The number of benzene rings is 1. The summed E-state index contributed by atoms with van der Waals surface area (Å²) in [5.74, 6) is 0.726. The molecule has 1 aromatic rings. The lowest BCUT2D eigenvalue weighted by Gasteiger charge is -2.10. The molecule has 100 valence electrons. The molecule has 1 heterocycles. The second kappa shape index (κ2) is 7.18. The topological polar surface area (TPSA) is 12.0 Å². The van der Waals surface area contributed by atoms with Crippen LogP contribution in [0.15, 0.2) is 22.7 Å². The first-order chi connectivity index (χ1) is 8.83. The third-order valence-electron chi connectivity index (χ3n) is 3.92. The number of hydrogen-bond donors (Lipinski definition) is 1. The lowest BCUT2D eigenvalue weighted by Crippen LogP contribution is -2.01. The molecule has 0 aliphatic carbocycles. The van der Waals surface area contributed by atoms with E-state index in [0.29, 0.717) is 0 Å². The van der Waals surface area contributed by atoms with Crippen molar-refractivity contribution >= 4 is 21.6 Å².